The second kappa shape index (κ2) is 11.9. The topological polar surface area (TPSA) is 86.8 Å². The molecule has 1 N–H and O–H groups in total. The van der Waals surface area contributed by atoms with E-state index in [-0.39, 0.29) is 23.9 Å². The zero-order valence-corrected chi connectivity index (χ0v) is 23.6. The fourth-order valence-corrected chi connectivity index (χ4v) is 4.65. The Bertz CT molecular complexity index is 1150. The van der Waals surface area contributed by atoms with Crippen molar-refractivity contribution < 1.29 is 18.0 Å². The summed E-state index contributed by atoms with van der Waals surface area (Å²) in [6, 6.07) is 14.1. The lowest BCUT2D eigenvalue weighted by Crippen LogP contribution is -2.52. The van der Waals surface area contributed by atoms with Crippen LogP contribution >= 0.6 is 0 Å². The van der Waals surface area contributed by atoms with E-state index in [9.17, 15) is 18.0 Å². The number of benzene rings is 2. The van der Waals surface area contributed by atoms with Gasteiger partial charge in [-0.1, -0.05) is 69.7 Å². The van der Waals surface area contributed by atoms with Gasteiger partial charge in [0.25, 0.3) is 0 Å². The number of anilines is 1. The zero-order valence-electron chi connectivity index (χ0n) is 22.8. The van der Waals surface area contributed by atoms with Crippen LogP contribution in [0.25, 0.3) is 0 Å². The summed E-state index contributed by atoms with van der Waals surface area (Å²) >= 11 is 0. The Balaban J connectivity index is 2.40. The number of amides is 2. The van der Waals surface area contributed by atoms with Crippen LogP contribution in [0.5, 0.6) is 0 Å². The molecule has 0 aliphatic rings. The minimum Gasteiger partial charge on any atom is -0.352 e. The molecule has 0 saturated heterocycles. The minimum absolute atomic E-state index is 0.0373. The molecule has 0 radical (unpaired) electrons. The van der Waals surface area contributed by atoms with Gasteiger partial charge in [-0.05, 0) is 55.9 Å². The van der Waals surface area contributed by atoms with E-state index in [4.69, 9.17) is 0 Å². The smallest absolute Gasteiger partial charge is 0.244 e. The molecule has 0 heterocycles. The molecule has 0 bridgehead atoms. The van der Waals surface area contributed by atoms with Gasteiger partial charge < -0.3 is 10.2 Å². The van der Waals surface area contributed by atoms with E-state index in [1.54, 1.807) is 19.1 Å². The summed E-state index contributed by atoms with van der Waals surface area (Å²) in [5.74, 6) is -0.723. The van der Waals surface area contributed by atoms with E-state index < -0.39 is 28.5 Å². The van der Waals surface area contributed by atoms with Gasteiger partial charge in [-0.2, -0.15) is 0 Å². The Morgan fingerprint density at radius 2 is 1.64 bits per heavy atom. The molecule has 0 saturated carbocycles. The highest BCUT2D eigenvalue weighted by Gasteiger charge is 2.30. The maximum absolute atomic E-state index is 13.6. The lowest BCUT2D eigenvalue weighted by Gasteiger charge is -2.32. The molecular weight excluding hydrogens is 474 g/mol. The first-order valence-electron chi connectivity index (χ1n) is 12.4. The van der Waals surface area contributed by atoms with E-state index in [0.29, 0.717) is 5.69 Å². The van der Waals surface area contributed by atoms with E-state index in [0.717, 1.165) is 33.7 Å². The first-order valence-corrected chi connectivity index (χ1v) is 14.2. The predicted octanol–water partition coefficient (Wildman–Crippen LogP) is 4.39. The van der Waals surface area contributed by atoms with Crippen molar-refractivity contribution in [2.75, 3.05) is 17.1 Å². The van der Waals surface area contributed by atoms with E-state index in [1.807, 2.05) is 57.2 Å². The number of hydrogen-bond donors (Lipinski definition) is 1. The Morgan fingerprint density at radius 3 is 2.14 bits per heavy atom. The Kier molecular flexibility index (Phi) is 9.71. The molecule has 2 rings (SSSR count). The van der Waals surface area contributed by atoms with Gasteiger partial charge in [-0.15, -0.1) is 0 Å². The van der Waals surface area contributed by atoms with E-state index in [1.165, 1.54) is 4.90 Å². The average Bonchev–Trinajstić information content (AvgIpc) is 2.79. The number of nitrogens with zero attached hydrogens (tertiary/aromatic N) is 2. The van der Waals surface area contributed by atoms with Gasteiger partial charge in [0.2, 0.25) is 21.8 Å². The SMILES string of the molecule is CCC(C)NC(=O)C(C)N(Cc1cccc(C)c1)C(=O)CN(c1ccc(C(C)(C)C)cc1)S(C)(=O)=O. The molecule has 0 spiro atoms. The molecule has 0 fully saturated rings. The van der Waals surface area contributed by atoms with Crippen molar-refractivity contribution in [1.29, 1.82) is 0 Å². The molecule has 7 nitrogen and oxygen atoms in total. The van der Waals surface area contributed by atoms with Crippen LogP contribution in [0.3, 0.4) is 0 Å². The number of rotatable bonds is 10. The van der Waals surface area contributed by atoms with Crippen LogP contribution in [-0.4, -0.2) is 50.0 Å². The van der Waals surface area contributed by atoms with Crippen molar-refractivity contribution in [3.63, 3.8) is 0 Å². The van der Waals surface area contributed by atoms with Gasteiger partial charge in [0.05, 0.1) is 11.9 Å². The maximum atomic E-state index is 13.6. The number of hydrogen-bond acceptors (Lipinski definition) is 4. The second-order valence-corrected chi connectivity index (χ2v) is 12.5. The summed E-state index contributed by atoms with van der Waals surface area (Å²) in [6.45, 7) is 13.5. The summed E-state index contributed by atoms with van der Waals surface area (Å²) in [6.07, 6.45) is 1.85. The van der Waals surface area contributed by atoms with Crippen LogP contribution < -0.4 is 9.62 Å². The van der Waals surface area contributed by atoms with Crippen molar-refractivity contribution in [3.05, 3.63) is 65.2 Å². The fourth-order valence-electron chi connectivity index (χ4n) is 3.80. The highest BCUT2D eigenvalue weighted by molar-refractivity contribution is 7.92. The van der Waals surface area contributed by atoms with Gasteiger partial charge in [0, 0.05) is 12.6 Å². The normalized spacial score (nSPS) is 13.6. The van der Waals surface area contributed by atoms with Gasteiger partial charge in [0.1, 0.15) is 12.6 Å². The largest absolute Gasteiger partial charge is 0.352 e. The van der Waals surface area contributed by atoms with Gasteiger partial charge in [0.15, 0.2) is 0 Å². The number of carbonyl (C=O) groups is 2. The zero-order chi connectivity index (χ0) is 27.3. The van der Waals surface area contributed by atoms with Crippen LogP contribution in [0.1, 0.15) is 64.7 Å². The molecule has 2 aromatic rings. The highest BCUT2D eigenvalue weighted by Crippen LogP contribution is 2.26. The Labute approximate surface area is 216 Å². The van der Waals surface area contributed by atoms with Crippen molar-refractivity contribution in [2.45, 2.75) is 78.9 Å². The third-order valence-electron chi connectivity index (χ3n) is 6.30. The number of nitrogens with one attached hydrogen (secondary N) is 1. The molecule has 0 aliphatic carbocycles. The van der Waals surface area contributed by atoms with Crippen LogP contribution in [0.15, 0.2) is 48.5 Å². The maximum Gasteiger partial charge on any atom is 0.244 e. The monoisotopic (exact) mass is 515 g/mol. The first-order chi connectivity index (χ1) is 16.6. The molecule has 36 heavy (non-hydrogen) atoms. The Morgan fingerprint density at radius 1 is 1.03 bits per heavy atom. The third kappa shape index (κ3) is 8.08. The molecule has 2 aromatic carbocycles. The van der Waals surface area contributed by atoms with Crippen LogP contribution in [0.4, 0.5) is 5.69 Å². The van der Waals surface area contributed by atoms with Crippen LogP contribution in [0, 0.1) is 6.92 Å². The fraction of sp³-hybridized carbons (Fsp3) is 0.500. The standard InChI is InChI=1S/C28H41N3O4S/c1-9-21(3)29-27(33)22(4)30(18-23-12-10-11-20(2)17-23)26(32)19-31(36(8,34)35)25-15-13-24(14-16-25)28(5,6)7/h10-17,21-22H,9,18-19H2,1-8H3,(H,29,33). The minimum atomic E-state index is -3.76. The molecule has 2 atom stereocenters. The molecule has 2 amide bonds. The highest BCUT2D eigenvalue weighted by atomic mass is 32.2. The van der Waals surface area contributed by atoms with Crippen LogP contribution in [-0.2, 0) is 31.6 Å². The molecule has 0 aromatic heterocycles. The summed E-state index contributed by atoms with van der Waals surface area (Å²) in [5, 5.41) is 2.93. The first kappa shape index (κ1) is 29.4. The van der Waals surface area contributed by atoms with Crippen molar-refractivity contribution in [3.8, 4) is 0 Å². The molecule has 0 aliphatic heterocycles. The Hall–Kier alpha value is -2.87. The summed E-state index contributed by atoms with van der Waals surface area (Å²) in [7, 11) is -3.76. The number of aryl methyl sites for hydroxylation is 1. The predicted molar refractivity (Wildman–Crippen MR) is 146 cm³/mol. The average molecular weight is 516 g/mol. The molecule has 2 unspecified atom stereocenters. The van der Waals surface area contributed by atoms with Crippen LogP contribution in [0.2, 0.25) is 0 Å². The summed E-state index contributed by atoms with van der Waals surface area (Å²) in [4.78, 5) is 28.0. The number of sulfonamides is 1. The van der Waals surface area contributed by atoms with Gasteiger partial charge in [-0.25, -0.2) is 8.42 Å². The lowest BCUT2D eigenvalue weighted by atomic mass is 9.87. The second-order valence-electron chi connectivity index (χ2n) is 10.6. The molecular formula is C28H41N3O4S. The molecule has 8 heteroatoms. The van der Waals surface area contributed by atoms with E-state index >= 15 is 0 Å². The quantitative estimate of drug-likeness (QED) is 0.508. The van der Waals surface area contributed by atoms with Crippen molar-refractivity contribution in [2.24, 2.45) is 0 Å². The van der Waals surface area contributed by atoms with Gasteiger partial charge in [-0.3, -0.25) is 13.9 Å². The van der Waals surface area contributed by atoms with Gasteiger partial charge >= 0.3 is 0 Å². The summed E-state index contributed by atoms with van der Waals surface area (Å²) < 4.78 is 26.6. The third-order valence-corrected chi connectivity index (χ3v) is 7.44. The summed E-state index contributed by atoms with van der Waals surface area (Å²) in [5.41, 5.74) is 3.28. The molecule has 198 valence electrons. The van der Waals surface area contributed by atoms with Crippen molar-refractivity contribution >= 4 is 27.5 Å². The van der Waals surface area contributed by atoms with E-state index in [2.05, 4.69) is 26.1 Å². The lowest BCUT2D eigenvalue weighted by molar-refractivity contribution is -0.139. The van der Waals surface area contributed by atoms with Crippen molar-refractivity contribution in [1.82, 2.24) is 10.2 Å². The number of carbonyl (C=O) groups excluding carboxylic acids is 2.